The average Bonchev–Trinajstić information content (AvgIpc) is 2.27. The summed E-state index contributed by atoms with van der Waals surface area (Å²) in [4.78, 5) is 0.162. The Hall–Kier alpha value is -1.07. The molecule has 0 amide bonds. The summed E-state index contributed by atoms with van der Waals surface area (Å²) in [7, 11) is -3.66. The second-order valence-corrected chi connectivity index (χ2v) is 5.61. The van der Waals surface area contributed by atoms with Gasteiger partial charge in [-0.05, 0) is 25.0 Å². The van der Waals surface area contributed by atoms with Gasteiger partial charge in [-0.25, -0.2) is 13.6 Å². The molecule has 0 fully saturated rings. The summed E-state index contributed by atoms with van der Waals surface area (Å²) in [5, 5.41) is 8.43. The zero-order valence-electron chi connectivity index (χ0n) is 10.3. The Morgan fingerprint density at radius 2 is 1.94 bits per heavy atom. The molecule has 0 aromatic heterocycles. The third kappa shape index (κ3) is 4.02. The molecule has 1 aromatic rings. The van der Waals surface area contributed by atoms with Crippen LogP contribution in [-0.4, -0.2) is 14.5 Å². The van der Waals surface area contributed by atoms with Gasteiger partial charge in [0.25, 0.3) is 0 Å². The van der Waals surface area contributed by atoms with E-state index >= 15 is 0 Å². The minimum absolute atomic E-state index is 0.162. The largest absolute Gasteiger partial charge is 0.381 e. The van der Waals surface area contributed by atoms with Crippen LogP contribution in [0.4, 0.5) is 5.69 Å². The van der Waals surface area contributed by atoms with Gasteiger partial charge < -0.3 is 5.32 Å². The Morgan fingerprint density at radius 3 is 2.47 bits per heavy atom. The van der Waals surface area contributed by atoms with Gasteiger partial charge in [-0.1, -0.05) is 32.4 Å². The molecular weight excluding hydrogens is 236 g/mol. The van der Waals surface area contributed by atoms with Crippen LogP contribution in [0.3, 0.4) is 0 Å². The zero-order chi connectivity index (χ0) is 12.9. The lowest BCUT2D eigenvalue weighted by atomic mass is 10.1. The van der Waals surface area contributed by atoms with E-state index in [0.29, 0.717) is 5.69 Å². The smallest absolute Gasteiger partial charge is 0.240 e. The fourth-order valence-electron chi connectivity index (χ4n) is 1.78. The van der Waals surface area contributed by atoms with E-state index in [1.54, 1.807) is 18.2 Å². The standard InChI is InChI=1S/C12H20N2O2S/c1-3-7-10(4-2)14-11-8-5-6-9-12(11)17(13,15)16/h5-6,8-10,14H,3-4,7H2,1-2H3,(H2,13,15,16). The van der Waals surface area contributed by atoms with Gasteiger partial charge in [0.05, 0.1) is 5.69 Å². The molecule has 0 aliphatic rings. The summed E-state index contributed by atoms with van der Waals surface area (Å²) in [6.07, 6.45) is 3.02. The maximum atomic E-state index is 11.4. The van der Waals surface area contributed by atoms with Crippen LogP contribution >= 0.6 is 0 Å². The topological polar surface area (TPSA) is 72.2 Å². The molecule has 5 heteroatoms. The summed E-state index contributed by atoms with van der Waals surface area (Å²) in [6, 6.07) is 7.03. The van der Waals surface area contributed by atoms with Crippen LogP contribution in [0.25, 0.3) is 0 Å². The third-order valence-electron chi connectivity index (χ3n) is 2.68. The number of rotatable bonds is 6. The highest BCUT2D eigenvalue weighted by molar-refractivity contribution is 7.89. The first kappa shape index (κ1) is 14.0. The van der Waals surface area contributed by atoms with Crippen LogP contribution in [-0.2, 0) is 10.0 Å². The number of nitrogens with one attached hydrogen (secondary N) is 1. The highest BCUT2D eigenvalue weighted by Gasteiger charge is 2.15. The van der Waals surface area contributed by atoms with Crippen molar-refractivity contribution in [3.05, 3.63) is 24.3 Å². The monoisotopic (exact) mass is 256 g/mol. The normalized spacial score (nSPS) is 13.4. The number of para-hydroxylation sites is 1. The molecule has 4 nitrogen and oxygen atoms in total. The van der Waals surface area contributed by atoms with E-state index in [0.717, 1.165) is 19.3 Å². The average molecular weight is 256 g/mol. The molecule has 1 rings (SSSR count). The minimum atomic E-state index is -3.66. The van der Waals surface area contributed by atoms with E-state index in [2.05, 4.69) is 19.2 Å². The lowest BCUT2D eigenvalue weighted by Gasteiger charge is -2.19. The predicted octanol–water partition coefficient (Wildman–Crippen LogP) is 2.32. The van der Waals surface area contributed by atoms with E-state index in [4.69, 9.17) is 5.14 Å². The van der Waals surface area contributed by atoms with Gasteiger partial charge in [0.1, 0.15) is 4.90 Å². The summed E-state index contributed by atoms with van der Waals surface area (Å²) in [5.41, 5.74) is 0.593. The molecule has 0 radical (unpaired) electrons. The molecule has 96 valence electrons. The van der Waals surface area contributed by atoms with Crippen molar-refractivity contribution in [1.29, 1.82) is 0 Å². The Labute approximate surface area is 103 Å². The third-order valence-corrected chi connectivity index (χ3v) is 3.65. The minimum Gasteiger partial charge on any atom is -0.381 e. The predicted molar refractivity (Wildman–Crippen MR) is 70.4 cm³/mol. The number of nitrogens with two attached hydrogens (primary N) is 1. The Morgan fingerprint density at radius 1 is 1.29 bits per heavy atom. The van der Waals surface area contributed by atoms with Crippen molar-refractivity contribution >= 4 is 15.7 Å². The molecule has 3 N–H and O–H groups in total. The number of hydrogen-bond acceptors (Lipinski definition) is 3. The first-order chi connectivity index (χ1) is 7.99. The quantitative estimate of drug-likeness (QED) is 0.820. The van der Waals surface area contributed by atoms with Gasteiger partial charge in [0, 0.05) is 6.04 Å². The molecule has 1 unspecified atom stereocenters. The summed E-state index contributed by atoms with van der Waals surface area (Å²) < 4.78 is 22.8. The Kier molecular flexibility index (Phi) is 4.96. The van der Waals surface area contributed by atoms with Gasteiger partial charge >= 0.3 is 0 Å². The molecule has 17 heavy (non-hydrogen) atoms. The number of benzene rings is 1. The lowest BCUT2D eigenvalue weighted by Crippen LogP contribution is -2.21. The molecule has 0 saturated carbocycles. The molecule has 0 saturated heterocycles. The van der Waals surface area contributed by atoms with Crippen molar-refractivity contribution in [3.8, 4) is 0 Å². The van der Waals surface area contributed by atoms with Crippen LogP contribution in [0, 0.1) is 0 Å². The fourth-order valence-corrected chi connectivity index (χ4v) is 2.48. The molecule has 0 bridgehead atoms. The number of anilines is 1. The number of sulfonamides is 1. The van der Waals surface area contributed by atoms with Gasteiger partial charge in [-0.3, -0.25) is 0 Å². The van der Waals surface area contributed by atoms with Crippen molar-refractivity contribution in [2.24, 2.45) is 5.14 Å². The number of hydrogen-bond donors (Lipinski definition) is 2. The first-order valence-electron chi connectivity index (χ1n) is 5.87. The van der Waals surface area contributed by atoms with Crippen molar-refractivity contribution in [3.63, 3.8) is 0 Å². The highest BCUT2D eigenvalue weighted by Crippen LogP contribution is 2.21. The van der Waals surface area contributed by atoms with E-state index in [1.165, 1.54) is 6.07 Å². The molecule has 1 aromatic carbocycles. The Bertz CT molecular complexity index is 457. The highest BCUT2D eigenvalue weighted by atomic mass is 32.2. The second kappa shape index (κ2) is 6.02. The van der Waals surface area contributed by atoms with Gasteiger partial charge in [-0.2, -0.15) is 0 Å². The lowest BCUT2D eigenvalue weighted by molar-refractivity contribution is 0.596. The molecule has 0 aliphatic heterocycles. The van der Waals surface area contributed by atoms with E-state index in [1.807, 2.05) is 0 Å². The van der Waals surface area contributed by atoms with Gasteiger partial charge in [0.15, 0.2) is 0 Å². The van der Waals surface area contributed by atoms with Crippen LogP contribution in [0.1, 0.15) is 33.1 Å². The maximum Gasteiger partial charge on any atom is 0.240 e. The maximum absolute atomic E-state index is 11.4. The van der Waals surface area contributed by atoms with Gasteiger partial charge in [0.2, 0.25) is 10.0 Å². The molecule has 0 heterocycles. The fraction of sp³-hybridized carbons (Fsp3) is 0.500. The molecular formula is C12H20N2O2S. The van der Waals surface area contributed by atoms with Crippen molar-refractivity contribution in [1.82, 2.24) is 0 Å². The molecule has 0 spiro atoms. The Balaban J connectivity index is 2.98. The molecule has 0 aliphatic carbocycles. The van der Waals surface area contributed by atoms with Crippen molar-refractivity contribution < 1.29 is 8.42 Å². The van der Waals surface area contributed by atoms with E-state index in [9.17, 15) is 8.42 Å². The van der Waals surface area contributed by atoms with Crippen molar-refractivity contribution in [2.45, 2.75) is 44.0 Å². The summed E-state index contributed by atoms with van der Waals surface area (Å²) >= 11 is 0. The SMILES string of the molecule is CCCC(CC)Nc1ccccc1S(N)(=O)=O. The van der Waals surface area contributed by atoms with Crippen LogP contribution < -0.4 is 10.5 Å². The molecule has 1 atom stereocenters. The van der Waals surface area contributed by atoms with Crippen LogP contribution in [0.15, 0.2) is 29.2 Å². The van der Waals surface area contributed by atoms with Crippen LogP contribution in [0.2, 0.25) is 0 Å². The number of primary sulfonamides is 1. The van der Waals surface area contributed by atoms with E-state index in [-0.39, 0.29) is 10.9 Å². The summed E-state index contributed by atoms with van der Waals surface area (Å²) in [6.45, 7) is 4.18. The van der Waals surface area contributed by atoms with Gasteiger partial charge in [-0.15, -0.1) is 0 Å². The first-order valence-corrected chi connectivity index (χ1v) is 7.42. The van der Waals surface area contributed by atoms with Crippen molar-refractivity contribution in [2.75, 3.05) is 5.32 Å². The zero-order valence-corrected chi connectivity index (χ0v) is 11.1. The summed E-state index contributed by atoms with van der Waals surface area (Å²) in [5.74, 6) is 0. The van der Waals surface area contributed by atoms with Crippen LogP contribution in [0.5, 0.6) is 0 Å². The second-order valence-electron chi connectivity index (χ2n) is 4.08. The van der Waals surface area contributed by atoms with E-state index < -0.39 is 10.0 Å².